The molecule has 0 saturated carbocycles. The Hall–Kier alpha value is -2.16. The van der Waals surface area contributed by atoms with Crippen molar-refractivity contribution in [1.82, 2.24) is 0 Å². The third-order valence-electron chi connectivity index (χ3n) is 2.78. The molecule has 0 aliphatic rings. The molecular formula is C16H15FO2. The number of carbonyl (C=O) groups is 1. The average Bonchev–Trinajstić information content (AvgIpc) is 2.45. The molecule has 0 atom stereocenters. The quantitative estimate of drug-likeness (QED) is 0.755. The summed E-state index contributed by atoms with van der Waals surface area (Å²) in [7, 11) is 0. The van der Waals surface area contributed by atoms with E-state index in [1.807, 2.05) is 31.2 Å². The van der Waals surface area contributed by atoms with E-state index < -0.39 is 0 Å². The molecule has 0 aliphatic heterocycles. The number of benzene rings is 2. The maximum atomic E-state index is 13.4. The number of hydrogen-bond donors (Lipinski definition) is 0. The molecule has 0 aromatic heterocycles. The van der Waals surface area contributed by atoms with E-state index in [0.29, 0.717) is 23.5 Å². The summed E-state index contributed by atoms with van der Waals surface area (Å²) in [5.74, 6) is 0.295. The molecule has 0 amide bonds. The number of aldehydes is 1. The molecule has 98 valence electrons. The topological polar surface area (TPSA) is 26.3 Å². The van der Waals surface area contributed by atoms with Gasteiger partial charge in [0.05, 0.1) is 6.61 Å². The van der Waals surface area contributed by atoms with Crippen molar-refractivity contribution in [2.45, 2.75) is 13.3 Å². The highest BCUT2D eigenvalue weighted by atomic mass is 19.1. The Balaban J connectivity index is 2.51. The van der Waals surface area contributed by atoms with Crippen LogP contribution in [0.5, 0.6) is 5.75 Å². The van der Waals surface area contributed by atoms with Gasteiger partial charge in [-0.1, -0.05) is 25.1 Å². The highest BCUT2D eigenvalue weighted by Crippen LogP contribution is 2.32. The van der Waals surface area contributed by atoms with Crippen LogP contribution in [0.15, 0.2) is 42.5 Å². The molecule has 0 radical (unpaired) electrons. The van der Waals surface area contributed by atoms with Gasteiger partial charge >= 0.3 is 0 Å². The van der Waals surface area contributed by atoms with E-state index in [-0.39, 0.29) is 5.82 Å². The first-order valence-electron chi connectivity index (χ1n) is 6.23. The van der Waals surface area contributed by atoms with E-state index >= 15 is 0 Å². The first-order valence-corrected chi connectivity index (χ1v) is 6.23. The van der Waals surface area contributed by atoms with E-state index in [0.717, 1.165) is 18.3 Å². The van der Waals surface area contributed by atoms with Gasteiger partial charge in [-0.3, -0.25) is 4.79 Å². The van der Waals surface area contributed by atoms with Crippen LogP contribution >= 0.6 is 0 Å². The Morgan fingerprint density at radius 2 is 1.95 bits per heavy atom. The molecular weight excluding hydrogens is 243 g/mol. The zero-order valence-electron chi connectivity index (χ0n) is 10.7. The molecule has 0 saturated heterocycles. The highest BCUT2D eigenvalue weighted by Gasteiger charge is 2.11. The Morgan fingerprint density at radius 1 is 1.16 bits per heavy atom. The van der Waals surface area contributed by atoms with Gasteiger partial charge in [-0.05, 0) is 36.2 Å². The summed E-state index contributed by atoms with van der Waals surface area (Å²) in [6, 6.07) is 11.5. The number of rotatable bonds is 5. The van der Waals surface area contributed by atoms with E-state index in [1.54, 1.807) is 0 Å². The third kappa shape index (κ3) is 2.99. The normalized spacial score (nSPS) is 10.2. The van der Waals surface area contributed by atoms with Gasteiger partial charge in [-0.2, -0.15) is 0 Å². The predicted molar refractivity (Wildman–Crippen MR) is 73.0 cm³/mol. The average molecular weight is 258 g/mol. The first kappa shape index (κ1) is 13.3. The van der Waals surface area contributed by atoms with Crippen molar-refractivity contribution in [2.75, 3.05) is 6.61 Å². The van der Waals surface area contributed by atoms with Crippen molar-refractivity contribution in [3.8, 4) is 16.9 Å². The Labute approximate surface area is 111 Å². The molecule has 2 rings (SSSR count). The van der Waals surface area contributed by atoms with E-state index in [4.69, 9.17) is 4.74 Å². The fourth-order valence-corrected chi connectivity index (χ4v) is 1.89. The molecule has 0 N–H and O–H groups in total. The van der Waals surface area contributed by atoms with Crippen LogP contribution in [0.4, 0.5) is 4.39 Å². The highest BCUT2D eigenvalue weighted by molar-refractivity contribution is 5.89. The van der Waals surface area contributed by atoms with Crippen LogP contribution in [0.25, 0.3) is 11.1 Å². The lowest BCUT2D eigenvalue weighted by Gasteiger charge is -2.12. The van der Waals surface area contributed by atoms with Crippen LogP contribution in [0.3, 0.4) is 0 Å². The zero-order chi connectivity index (χ0) is 13.7. The minimum Gasteiger partial charge on any atom is -0.493 e. The number of ether oxygens (including phenoxy) is 1. The van der Waals surface area contributed by atoms with Gasteiger partial charge < -0.3 is 4.74 Å². The second kappa shape index (κ2) is 6.14. The number of para-hydroxylation sites is 1. The van der Waals surface area contributed by atoms with Crippen molar-refractivity contribution < 1.29 is 13.9 Å². The summed E-state index contributed by atoms with van der Waals surface area (Å²) in [4.78, 5) is 11.1. The number of carbonyl (C=O) groups excluding carboxylic acids is 1. The molecule has 0 aliphatic carbocycles. The SMILES string of the molecule is CCCOc1ccccc1-c1cc(F)ccc1C=O. The first-order chi connectivity index (χ1) is 9.26. The lowest BCUT2D eigenvalue weighted by atomic mass is 9.99. The van der Waals surface area contributed by atoms with Gasteiger partial charge in [0, 0.05) is 11.1 Å². The summed E-state index contributed by atoms with van der Waals surface area (Å²) in [6.45, 7) is 2.60. The van der Waals surface area contributed by atoms with Gasteiger partial charge in [-0.25, -0.2) is 4.39 Å². The fraction of sp³-hybridized carbons (Fsp3) is 0.188. The van der Waals surface area contributed by atoms with Crippen molar-refractivity contribution >= 4 is 6.29 Å². The van der Waals surface area contributed by atoms with Crippen LogP contribution < -0.4 is 4.74 Å². The van der Waals surface area contributed by atoms with Crippen LogP contribution in [0.1, 0.15) is 23.7 Å². The maximum Gasteiger partial charge on any atom is 0.150 e. The zero-order valence-corrected chi connectivity index (χ0v) is 10.7. The van der Waals surface area contributed by atoms with Crippen LogP contribution in [-0.4, -0.2) is 12.9 Å². The van der Waals surface area contributed by atoms with Gasteiger partial charge in [0.2, 0.25) is 0 Å². The molecule has 3 heteroatoms. The van der Waals surface area contributed by atoms with Crippen molar-refractivity contribution in [3.63, 3.8) is 0 Å². The van der Waals surface area contributed by atoms with Gasteiger partial charge in [0.1, 0.15) is 11.6 Å². The predicted octanol–water partition coefficient (Wildman–Crippen LogP) is 4.09. The van der Waals surface area contributed by atoms with E-state index in [2.05, 4.69) is 0 Å². The lowest BCUT2D eigenvalue weighted by molar-refractivity contribution is 0.112. The molecule has 2 aromatic rings. The van der Waals surface area contributed by atoms with E-state index in [9.17, 15) is 9.18 Å². The van der Waals surface area contributed by atoms with Gasteiger partial charge in [-0.15, -0.1) is 0 Å². The Bertz CT molecular complexity index is 579. The standard InChI is InChI=1S/C16H15FO2/c1-2-9-19-16-6-4-3-5-14(16)15-10-13(17)8-7-12(15)11-18/h3-8,10-11H,2,9H2,1H3. The summed E-state index contributed by atoms with van der Waals surface area (Å²) in [5, 5.41) is 0. The molecule has 0 spiro atoms. The molecule has 19 heavy (non-hydrogen) atoms. The van der Waals surface area contributed by atoms with Gasteiger partial charge in [0.25, 0.3) is 0 Å². The lowest BCUT2D eigenvalue weighted by Crippen LogP contribution is -1.98. The minimum absolute atomic E-state index is 0.370. The molecule has 0 bridgehead atoms. The summed E-state index contributed by atoms with van der Waals surface area (Å²) >= 11 is 0. The minimum atomic E-state index is -0.370. The Morgan fingerprint density at radius 3 is 2.68 bits per heavy atom. The monoisotopic (exact) mass is 258 g/mol. The van der Waals surface area contributed by atoms with Crippen molar-refractivity contribution in [3.05, 3.63) is 53.8 Å². The second-order valence-corrected chi connectivity index (χ2v) is 4.19. The molecule has 0 heterocycles. The van der Waals surface area contributed by atoms with Crippen molar-refractivity contribution in [2.24, 2.45) is 0 Å². The van der Waals surface area contributed by atoms with Crippen LogP contribution in [0.2, 0.25) is 0 Å². The molecule has 2 aromatic carbocycles. The van der Waals surface area contributed by atoms with Gasteiger partial charge in [0.15, 0.2) is 6.29 Å². The smallest absolute Gasteiger partial charge is 0.150 e. The third-order valence-corrected chi connectivity index (χ3v) is 2.78. The fourth-order valence-electron chi connectivity index (χ4n) is 1.89. The maximum absolute atomic E-state index is 13.4. The largest absolute Gasteiger partial charge is 0.493 e. The molecule has 2 nitrogen and oxygen atoms in total. The van der Waals surface area contributed by atoms with Crippen molar-refractivity contribution in [1.29, 1.82) is 0 Å². The molecule has 0 unspecified atom stereocenters. The second-order valence-electron chi connectivity index (χ2n) is 4.19. The summed E-state index contributed by atoms with van der Waals surface area (Å²) in [6.07, 6.45) is 1.61. The van der Waals surface area contributed by atoms with Crippen LogP contribution in [0, 0.1) is 5.82 Å². The summed E-state index contributed by atoms with van der Waals surface area (Å²) in [5.41, 5.74) is 1.74. The summed E-state index contributed by atoms with van der Waals surface area (Å²) < 4.78 is 19.0. The van der Waals surface area contributed by atoms with E-state index in [1.165, 1.54) is 18.2 Å². The number of hydrogen-bond acceptors (Lipinski definition) is 2. The Kier molecular flexibility index (Phi) is 4.29. The molecule has 0 fully saturated rings. The van der Waals surface area contributed by atoms with Crippen LogP contribution in [-0.2, 0) is 0 Å². The number of halogens is 1.